The molecule has 0 aliphatic carbocycles. The summed E-state index contributed by atoms with van der Waals surface area (Å²) in [5.74, 6) is 0. The third-order valence-electron chi connectivity index (χ3n) is 8.02. The summed E-state index contributed by atoms with van der Waals surface area (Å²) in [6, 6.07) is 29.7. The molecule has 5 rings (SSSR count). The van der Waals surface area contributed by atoms with Crippen molar-refractivity contribution in [2.75, 3.05) is 17.5 Å². The van der Waals surface area contributed by atoms with E-state index in [1.54, 1.807) is 30.3 Å². The second-order valence-corrected chi connectivity index (χ2v) is 13.6. The van der Waals surface area contributed by atoms with Gasteiger partial charge in [0.2, 0.25) is 10.0 Å². The van der Waals surface area contributed by atoms with E-state index in [2.05, 4.69) is 71.3 Å². The van der Waals surface area contributed by atoms with E-state index in [0.29, 0.717) is 12.1 Å². The van der Waals surface area contributed by atoms with Gasteiger partial charge in [0.05, 0.1) is 11.2 Å². The number of nitro benzene ring substituents is 1. The van der Waals surface area contributed by atoms with Gasteiger partial charge < -0.3 is 10.3 Å². The number of aromatic amines is 1. The number of nitro groups is 1. The summed E-state index contributed by atoms with van der Waals surface area (Å²) in [4.78, 5) is 14.9. The Balaban J connectivity index is 1.32. The number of aromatic nitrogens is 1. The SMILES string of the molecule is Cc1cc(C)cc(-c2[nH]c3ccc([N+](=O)[O-])cc3c2CCNC(CCCc2ccc(NS(C)(=O)=O)cc2)Cc2ccccc2)c1. The predicted molar refractivity (Wildman–Crippen MR) is 183 cm³/mol. The molecule has 0 saturated carbocycles. The molecular formula is C36H40N4O4S. The Morgan fingerprint density at radius 1 is 0.867 bits per heavy atom. The number of benzene rings is 4. The first-order valence-corrected chi connectivity index (χ1v) is 17.1. The molecule has 3 N–H and O–H groups in total. The first-order chi connectivity index (χ1) is 21.5. The van der Waals surface area contributed by atoms with E-state index >= 15 is 0 Å². The molecule has 0 amide bonds. The highest BCUT2D eigenvalue weighted by molar-refractivity contribution is 7.92. The maximum atomic E-state index is 11.6. The molecule has 4 aromatic carbocycles. The molecule has 0 spiro atoms. The minimum atomic E-state index is -3.30. The number of H-pyrrole nitrogens is 1. The number of non-ortho nitro benzene ring substituents is 1. The summed E-state index contributed by atoms with van der Waals surface area (Å²) >= 11 is 0. The topological polar surface area (TPSA) is 117 Å². The molecule has 0 aliphatic heterocycles. The molecule has 234 valence electrons. The Morgan fingerprint density at radius 2 is 1.58 bits per heavy atom. The molecule has 45 heavy (non-hydrogen) atoms. The summed E-state index contributed by atoms with van der Waals surface area (Å²) in [5, 5.41) is 16.3. The van der Waals surface area contributed by atoms with Crippen LogP contribution in [0.2, 0.25) is 0 Å². The third kappa shape index (κ3) is 8.80. The van der Waals surface area contributed by atoms with E-state index in [1.807, 2.05) is 18.2 Å². The normalized spacial score (nSPS) is 12.3. The van der Waals surface area contributed by atoms with Crippen LogP contribution in [0.5, 0.6) is 0 Å². The van der Waals surface area contributed by atoms with Crippen molar-refractivity contribution < 1.29 is 13.3 Å². The van der Waals surface area contributed by atoms with Crippen molar-refractivity contribution in [2.45, 2.75) is 52.0 Å². The maximum Gasteiger partial charge on any atom is 0.270 e. The monoisotopic (exact) mass is 624 g/mol. The predicted octanol–water partition coefficient (Wildman–Crippen LogP) is 7.50. The average molecular weight is 625 g/mol. The second-order valence-electron chi connectivity index (χ2n) is 11.9. The molecule has 1 aromatic heterocycles. The Kier molecular flexibility index (Phi) is 10.0. The van der Waals surface area contributed by atoms with Crippen LogP contribution < -0.4 is 10.0 Å². The highest BCUT2D eigenvalue weighted by atomic mass is 32.2. The van der Waals surface area contributed by atoms with E-state index in [1.165, 1.54) is 16.7 Å². The first-order valence-electron chi connectivity index (χ1n) is 15.3. The largest absolute Gasteiger partial charge is 0.354 e. The molecule has 5 aromatic rings. The van der Waals surface area contributed by atoms with Crippen molar-refractivity contribution in [1.82, 2.24) is 10.3 Å². The van der Waals surface area contributed by atoms with Crippen LogP contribution in [0.15, 0.2) is 91.0 Å². The van der Waals surface area contributed by atoms with Crippen LogP contribution in [0.3, 0.4) is 0 Å². The Labute approximate surface area is 265 Å². The minimum absolute atomic E-state index is 0.0877. The summed E-state index contributed by atoms with van der Waals surface area (Å²) in [7, 11) is -3.30. The van der Waals surface area contributed by atoms with Gasteiger partial charge in [0, 0.05) is 40.5 Å². The standard InChI is InChI=1S/C36H40N4O4S/c1-25-20-26(2)22-29(21-25)36-33(34-24-32(40(41)42)16-17-35(34)38-36)18-19-37-31(23-28-8-5-4-6-9-28)11-7-10-27-12-14-30(15-13-27)39-45(3,43)44/h4-6,8-9,12-17,20-22,24,31,37-39H,7,10-11,18-19,23H2,1-3H3. The van der Waals surface area contributed by atoms with Gasteiger partial charge in [0.1, 0.15) is 0 Å². The van der Waals surface area contributed by atoms with E-state index in [9.17, 15) is 18.5 Å². The lowest BCUT2D eigenvalue weighted by atomic mass is 9.97. The van der Waals surface area contributed by atoms with Crippen molar-refractivity contribution >= 4 is 32.3 Å². The summed E-state index contributed by atoms with van der Waals surface area (Å²) in [6.07, 6.45) is 5.56. The fourth-order valence-electron chi connectivity index (χ4n) is 6.06. The Hall–Kier alpha value is -4.47. The zero-order valence-electron chi connectivity index (χ0n) is 26.0. The molecule has 9 heteroatoms. The Morgan fingerprint density at radius 3 is 2.24 bits per heavy atom. The molecule has 0 radical (unpaired) electrons. The smallest absolute Gasteiger partial charge is 0.270 e. The highest BCUT2D eigenvalue weighted by Crippen LogP contribution is 2.34. The van der Waals surface area contributed by atoms with Crippen molar-refractivity contribution in [1.29, 1.82) is 0 Å². The van der Waals surface area contributed by atoms with E-state index in [4.69, 9.17) is 0 Å². The third-order valence-corrected chi connectivity index (χ3v) is 8.63. The number of nitrogens with zero attached hydrogens (tertiary/aromatic N) is 1. The van der Waals surface area contributed by atoms with E-state index in [0.717, 1.165) is 71.8 Å². The molecular weight excluding hydrogens is 584 g/mol. The number of hydrogen-bond acceptors (Lipinski definition) is 5. The van der Waals surface area contributed by atoms with Gasteiger partial charge in [0.25, 0.3) is 5.69 Å². The number of sulfonamides is 1. The lowest BCUT2D eigenvalue weighted by Crippen LogP contribution is -2.33. The van der Waals surface area contributed by atoms with Gasteiger partial charge in [-0.3, -0.25) is 14.8 Å². The van der Waals surface area contributed by atoms with Gasteiger partial charge in [-0.2, -0.15) is 0 Å². The fourth-order valence-corrected chi connectivity index (χ4v) is 6.62. The summed E-state index contributed by atoms with van der Waals surface area (Å²) < 4.78 is 25.6. The number of hydrogen-bond donors (Lipinski definition) is 3. The van der Waals surface area contributed by atoms with Crippen LogP contribution in [0.1, 0.15) is 40.7 Å². The summed E-state index contributed by atoms with van der Waals surface area (Å²) in [5.41, 5.74) is 9.47. The van der Waals surface area contributed by atoms with Crippen LogP contribution in [0, 0.1) is 24.0 Å². The van der Waals surface area contributed by atoms with Gasteiger partial charge in [-0.25, -0.2) is 8.42 Å². The highest BCUT2D eigenvalue weighted by Gasteiger charge is 2.18. The average Bonchev–Trinajstić information content (AvgIpc) is 3.35. The van der Waals surface area contributed by atoms with Gasteiger partial charge in [-0.15, -0.1) is 0 Å². The Bertz CT molecular complexity index is 1860. The zero-order valence-corrected chi connectivity index (χ0v) is 26.8. The molecule has 1 unspecified atom stereocenters. The van der Waals surface area contributed by atoms with Crippen LogP contribution in [-0.4, -0.2) is 37.2 Å². The molecule has 1 atom stereocenters. The zero-order chi connectivity index (χ0) is 32.0. The number of nitrogens with one attached hydrogen (secondary N) is 3. The number of aryl methyl sites for hydroxylation is 3. The molecule has 0 saturated heterocycles. The van der Waals surface area contributed by atoms with Gasteiger partial charge in [0.15, 0.2) is 0 Å². The first kappa shape index (κ1) is 31.9. The lowest BCUT2D eigenvalue weighted by molar-refractivity contribution is -0.384. The molecule has 0 aliphatic rings. The number of fused-ring (bicyclic) bond motifs is 1. The molecule has 1 heterocycles. The lowest BCUT2D eigenvalue weighted by Gasteiger charge is -2.20. The van der Waals surface area contributed by atoms with Crippen LogP contribution in [-0.2, 0) is 29.3 Å². The van der Waals surface area contributed by atoms with Crippen molar-refractivity contribution in [3.63, 3.8) is 0 Å². The van der Waals surface area contributed by atoms with Crippen molar-refractivity contribution in [2.24, 2.45) is 0 Å². The fraction of sp³-hybridized carbons (Fsp3) is 0.278. The van der Waals surface area contributed by atoms with Gasteiger partial charge >= 0.3 is 0 Å². The van der Waals surface area contributed by atoms with E-state index < -0.39 is 10.0 Å². The molecule has 0 fully saturated rings. The molecule has 0 bridgehead atoms. The second kappa shape index (κ2) is 14.1. The van der Waals surface area contributed by atoms with Crippen LogP contribution in [0.4, 0.5) is 11.4 Å². The number of rotatable bonds is 14. The summed E-state index contributed by atoms with van der Waals surface area (Å²) in [6.45, 7) is 4.89. The van der Waals surface area contributed by atoms with Gasteiger partial charge in [-0.05, 0) is 105 Å². The van der Waals surface area contributed by atoms with Crippen molar-refractivity contribution in [3.8, 4) is 11.3 Å². The van der Waals surface area contributed by atoms with Crippen LogP contribution >= 0.6 is 0 Å². The minimum Gasteiger partial charge on any atom is -0.354 e. The maximum absolute atomic E-state index is 11.6. The quantitative estimate of drug-likeness (QED) is 0.0874. The van der Waals surface area contributed by atoms with Crippen molar-refractivity contribution in [3.05, 3.63) is 129 Å². The van der Waals surface area contributed by atoms with Crippen LogP contribution in [0.25, 0.3) is 22.2 Å². The van der Waals surface area contributed by atoms with E-state index in [-0.39, 0.29) is 16.7 Å². The molecule has 8 nitrogen and oxygen atoms in total. The number of anilines is 1. The van der Waals surface area contributed by atoms with Gasteiger partial charge in [-0.1, -0.05) is 59.7 Å².